The second-order valence-corrected chi connectivity index (χ2v) is 9.95. The minimum Gasteiger partial charge on any atom is -0.411 e. The van der Waals surface area contributed by atoms with E-state index in [1.807, 2.05) is 0 Å². The monoisotopic (exact) mass is 502 g/mol. The molecule has 0 amide bonds. The minimum absolute atomic E-state index is 0.0749. The summed E-state index contributed by atoms with van der Waals surface area (Å²) in [4.78, 5) is 12.7. The Bertz CT molecular complexity index is 1060. The van der Waals surface area contributed by atoms with Crippen molar-refractivity contribution in [2.75, 3.05) is 19.3 Å². The maximum absolute atomic E-state index is 13.4. The maximum atomic E-state index is 13.4. The summed E-state index contributed by atoms with van der Waals surface area (Å²) in [7, 11) is -3.27. The first-order valence-electron chi connectivity index (χ1n) is 9.13. The lowest BCUT2D eigenvalue weighted by molar-refractivity contribution is -0.123. The van der Waals surface area contributed by atoms with Gasteiger partial charge in [0.2, 0.25) is 10.0 Å². The fraction of sp³-hybridized carbons (Fsp3) is 0.444. The third kappa shape index (κ3) is 5.29. The van der Waals surface area contributed by atoms with Gasteiger partial charge in [-0.15, -0.1) is 0 Å². The summed E-state index contributed by atoms with van der Waals surface area (Å²) in [5.74, 6) is -0.824. The molecule has 0 spiro atoms. The molecule has 1 N–H and O–H groups in total. The number of piperidine rings is 1. The average molecular weight is 503 g/mol. The van der Waals surface area contributed by atoms with Crippen LogP contribution in [0.15, 0.2) is 32.5 Å². The van der Waals surface area contributed by atoms with Gasteiger partial charge >= 0.3 is 0 Å². The van der Waals surface area contributed by atoms with E-state index in [0.717, 1.165) is 6.26 Å². The lowest BCUT2D eigenvalue weighted by atomic mass is 9.90. The summed E-state index contributed by atoms with van der Waals surface area (Å²) in [5, 5.41) is 20.2. The van der Waals surface area contributed by atoms with E-state index in [1.54, 1.807) is 12.1 Å². The molecule has 0 atom stereocenters. The number of sulfonamides is 1. The van der Waals surface area contributed by atoms with Gasteiger partial charge in [-0.2, -0.15) is 0 Å². The van der Waals surface area contributed by atoms with Gasteiger partial charge in [0.05, 0.1) is 17.1 Å². The van der Waals surface area contributed by atoms with E-state index in [2.05, 4.69) is 31.4 Å². The van der Waals surface area contributed by atoms with Crippen LogP contribution < -0.4 is 0 Å². The molecule has 1 aliphatic rings. The number of rotatable bonds is 7. The predicted molar refractivity (Wildman–Crippen MR) is 108 cm³/mol. The highest BCUT2D eigenvalue weighted by Gasteiger charge is 2.30. The number of nitrogens with zero attached hydrogens (tertiary/aromatic N) is 4. The molecule has 1 saturated heterocycles. The van der Waals surface area contributed by atoms with Crippen LogP contribution in [0.5, 0.6) is 0 Å². The van der Waals surface area contributed by atoms with Crippen LogP contribution in [0.25, 0.3) is 0 Å². The highest BCUT2D eigenvalue weighted by atomic mass is 79.9. The molecular weight excluding hydrogens is 483 g/mol. The quantitative estimate of drug-likeness (QED) is 0.349. The lowest BCUT2D eigenvalue weighted by Gasteiger charge is -2.29. The van der Waals surface area contributed by atoms with Gasteiger partial charge in [-0.3, -0.25) is 4.79 Å². The number of hydrogen-bond donors (Lipinski definition) is 1. The average Bonchev–Trinajstić information content (AvgIpc) is 3.16. The standard InChI is InChI=1S/C18H20BrFN4O5S/c1-30(27,28)24-6-4-12(5-7-24)17(25)10-16-18(23-29-22-16)15(21-26)9-11-2-3-14(20)13(19)8-11/h2-3,8,12,26H,4-7,9-10H2,1H3/b21-15+. The molecule has 0 saturated carbocycles. The Morgan fingerprint density at radius 1 is 1.33 bits per heavy atom. The van der Waals surface area contributed by atoms with Gasteiger partial charge in [-0.25, -0.2) is 21.7 Å². The summed E-state index contributed by atoms with van der Waals surface area (Å²) >= 11 is 3.10. The normalized spacial score (nSPS) is 16.7. The van der Waals surface area contributed by atoms with Crippen LogP contribution in [-0.4, -0.2) is 59.1 Å². The van der Waals surface area contributed by atoms with E-state index < -0.39 is 15.8 Å². The van der Waals surface area contributed by atoms with Gasteiger partial charge in [0.1, 0.15) is 23.0 Å². The first-order valence-corrected chi connectivity index (χ1v) is 11.8. The molecule has 1 aromatic carbocycles. The largest absolute Gasteiger partial charge is 0.411 e. The summed E-state index contributed by atoms with van der Waals surface area (Å²) in [6, 6.07) is 4.37. The fourth-order valence-electron chi connectivity index (χ4n) is 3.37. The van der Waals surface area contributed by atoms with Gasteiger partial charge in [-0.1, -0.05) is 16.4 Å². The summed E-state index contributed by atoms with van der Waals surface area (Å²) in [5.41, 5.74) is 1.17. The molecule has 1 aliphatic heterocycles. The highest BCUT2D eigenvalue weighted by Crippen LogP contribution is 2.23. The summed E-state index contributed by atoms with van der Waals surface area (Å²) in [6.45, 7) is 0.587. The van der Waals surface area contributed by atoms with Gasteiger partial charge in [-0.05, 0) is 51.6 Å². The van der Waals surface area contributed by atoms with Crippen molar-refractivity contribution in [1.82, 2.24) is 14.6 Å². The molecule has 162 valence electrons. The van der Waals surface area contributed by atoms with Crippen molar-refractivity contribution >= 4 is 37.4 Å². The second kappa shape index (κ2) is 9.31. The van der Waals surface area contributed by atoms with Crippen LogP contribution in [-0.2, 0) is 27.7 Å². The molecule has 0 radical (unpaired) electrons. The second-order valence-electron chi connectivity index (χ2n) is 7.11. The number of carbonyl (C=O) groups is 1. The number of halogens is 2. The van der Waals surface area contributed by atoms with E-state index in [0.29, 0.717) is 31.5 Å². The Morgan fingerprint density at radius 2 is 2.03 bits per heavy atom. The molecular formula is C18H20BrFN4O5S. The number of hydrogen-bond acceptors (Lipinski definition) is 8. The van der Waals surface area contributed by atoms with Crippen molar-refractivity contribution in [2.24, 2.45) is 11.1 Å². The zero-order valence-electron chi connectivity index (χ0n) is 16.1. The smallest absolute Gasteiger partial charge is 0.211 e. The molecule has 0 unspecified atom stereocenters. The number of aromatic nitrogens is 2. The van der Waals surface area contributed by atoms with Gasteiger partial charge in [0.15, 0.2) is 5.69 Å². The van der Waals surface area contributed by atoms with E-state index >= 15 is 0 Å². The first-order chi connectivity index (χ1) is 14.2. The molecule has 1 aromatic heterocycles. The Kier molecular flexibility index (Phi) is 6.98. The minimum atomic E-state index is -3.27. The fourth-order valence-corrected chi connectivity index (χ4v) is 4.67. The van der Waals surface area contributed by atoms with Gasteiger partial charge in [0, 0.05) is 25.4 Å². The molecule has 12 heteroatoms. The molecule has 0 aliphatic carbocycles. The van der Waals surface area contributed by atoms with Crippen LogP contribution in [0, 0.1) is 11.7 Å². The number of oxime groups is 1. The SMILES string of the molecule is CS(=O)(=O)N1CCC(C(=O)Cc2nonc2/C(Cc2ccc(F)c(Br)c2)=N/O)CC1. The van der Waals surface area contributed by atoms with Crippen LogP contribution in [0.4, 0.5) is 4.39 Å². The number of carbonyl (C=O) groups excluding carboxylic acids is 1. The topological polar surface area (TPSA) is 126 Å². The van der Waals surface area contributed by atoms with Gasteiger partial charge < -0.3 is 5.21 Å². The van der Waals surface area contributed by atoms with E-state index in [9.17, 15) is 22.8 Å². The maximum Gasteiger partial charge on any atom is 0.211 e. The Balaban J connectivity index is 1.68. The molecule has 0 bridgehead atoms. The third-order valence-electron chi connectivity index (χ3n) is 5.03. The molecule has 2 heterocycles. The summed E-state index contributed by atoms with van der Waals surface area (Å²) in [6.07, 6.45) is 2.05. The van der Waals surface area contributed by atoms with Gasteiger partial charge in [0.25, 0.3) is 0 Å². The zero-order valence-corrected chi connectivity index (χ0v) is 18.5. The molecule has 1 fully saturated rings. The van der Waals surface area contributed by atoms with Crippen LogP contribution >= 0.6 is 15.9 Å². The molecule has 3 rings (SSSR count). The van der Waals surface area contributed by atoms with Crippen LogP contribution in [0.3, 0.4) is 0 Å². The van der Waals surface area contributed by atoms with E-state index in [-0.39, 0.29) is 46.1 Å². The van der Waals surface area contributed by atoms with Crippen molar-refractivity contribution in [3.05, 3.63) is 45.4 Å². The van der Waals surface area contributed by atoms with E-state index in [1.165, 1.54) is 10.4 Å². The predicted octanol–water partition coefficient (Wildman–Crippen LogP) is 2.18. The Hall–Kier alpha value is -2.18. The summed E-state index contributed by atoms with van der Waals surface area (Å²) < 4.78 is 43.0. The highest BCUT2D eigenvalue weighted by molar-refractivity contribution is 9.10. The third-order valence-corrected chi connectivity index (χ3v) is 6.94. The van der Waals surface area contributed by atoms with Crippen molar-refractivity contribution in [1.29, 1.82) is 0 Å². The van der Waals surface area contributed by atoms with Crippen LogP contribution in [0.2, 0.25) is 0 Å². The molecule has 2 aromatic rings. The first kappa shape index (κ1) is 22.5. The van der Waals surface area contributed by atoms with Crippen molar-refractivity contribution in [2.45, 2.75) is 25.7 Å². The Labute approximate surface area is 181 Å². The number of ketones is 1. The number of Topliss-reactive ketones (excluding diaryl/α,β-unsaturated/α-hetero) is 1. The number of benzene rings is 1. The lowest BCUT2D eigenvalue weighted by Crippen LogP contribution is -2.40. The molecule has 9 nitrogen and oxygen atoms in total. The zero-order chi connectivity index (χ0) is 21.9. The molecule has 30 heavy (non-hydrogen) atoms. The van der Waals surface area contributed by atoms with Crippen molar-refractivity contribution < 1.29 is 27.4 Å². The van der Waals surface area contributed by atoms with E-state index in [4.69, 9.17) is 4.63 Å². The van der Waals surface area contributed by atoms with Crippen molar-refractivity contribution in [3.8, 4) is 0 Å². The van der Waals surface area contributed by atoms with Crippen molar-refractivity contribution in [3.63, 3.8) is 0 Å². The van der Waals surface area contributed by atoms with Crippen LogP contribution in [0.1, 0.15) is 29.8 Å². The Morgan fingerprint density at radius 3 is 2.63 bits per heavy atom.